The highest BCUT2D eigenvalue weighted by molar-refractivity contribution is 5.10. The highest BCUT2D eigenvalue weighted by Gasteiger charge is 2.40. The Bertz CT molecular complexity index is 305. The molecule has 0 aromatic carbocycles. The first-order chi connectivity index (χ1) is 8.12. The van der Waals surface area contributed by atoms with E-state index in [-0.39, 0.29) is 5.54 Å². The standard InChI is InChI=1S/C14H25N3/c1-11(12-6-7-12)17(3)13-5-4-8-14(9-13,10-15)16-2/h11-13,16H,4-9H2,1-3H3. The van der Waals surface area contributed by atoms with Gasteiger partial charge in [-0.05, 0) is 65.5 Å². The number of hydrogen-bond donors (Lipinski definition) is 1. The number of hydrogen-bond acceptors (Lipinski definition) is 3. The molecule has 3 atom stereocenters. The summed E-state index contributed by atoms with van der Waals surface area (Å²) in [6.07, 6.45) is 7.19. The van der Waals surface area contributed by atoms with E-state index < -0.39 is 0 Å². The van der Waals surface area contributed by atoms with Gasteiger partial charge < -0.3 is 10.2 Å². The maximum Gasteiger partial charge on any atom is 0.108 e. The molecule has 2 rings (SSSR count). The Morgan fingerprint density at radius 3 is 2.65 bits per heavy atom. The largest absolute Gasteiger partial charge is 0.302 e. The molecule has 2 saturated carbocycles. The van der Waals surface area contributed by atoms with Gasteiger partial charge in [0.05, 0.1) is 6.07 Å². The Kier molecular flexibility index (Phi) is 3.75. The minimum absolute atomic E-state index is 0.277. The predicted molar refractivity (Wildman–Crippen MR) is 69.6 cm³/mol. The monoisotopic (exact) mass is 235 g/mol. The van der Waals surface area contributed by atoms with E-state index in [1.807, 2.05) is 7.05 Å². The highest BCUT2D eigenvalue weighted by Crippen LogP contribution is 2.38. The van der Waals surface area contributed by atoms with Crippen LogP contribution in [0.15, 0.2) is 0 Å². The smallest absolute Gasteiger partial charge is 0.108 e. The molecule has 0 aromatic heterocycles. The van der Waals surface area contributed by atoms with Crippen molar-refractivity contribution in [3.05, 3.63) is 0 Å². The Balaban J connectivity index is 1.98. The van der Waals surface area contributed by atoms with Gasteiger partial charge in [0.1, 0.15) is 5.54 Å². The second-order valence-corrected chi connectivity index (χ2v) is 5.94. The van der Waals surface area contributed by atoms with Crippen molar-refractivity contribution in [3.63, 3.8) is 0 Å². The molecule has 0 amide bonds. The molecule has 2 aliphatic rings. The molecule has 0 bridgehead atoms. The third-order valence-electron chi connectivity index (χ3n) is 4.94. The van der Waals surface area contributed by atoms with Gasteiger partial charge in [0.25, 0.3) is 0 Å². The molecule has 1 N–H and O–H groups in total. The Morgan fingerprint density at radius 1 is 1.41 bits per heavy atom. The van der Waals surface area contributed by atoms with Gasteiger partial charge in [-0.25, -0.2) is 0 Å². The minimum atomic E-state index is -0.277. The molecular weight excluding hydrogens is 210 g/mol. The van der Waals surface area contributed by atoms with Crippen molar-refractivity contribution in [2.24, 2.45) is 5.92 Å². The van der Waals surface area contributed by atoms with Gasteiger partial charge in [-0.15, -0.1) is 0 Å². The minimum Gasteiger partial charge on any atom is -0.302 e. The molecule has 3 heteroatoms. The van der Waals surface area contributed by atoms with Crippen LogP contribution >= 0.6 is 0 Å². The van der Waals surface area contributed by atoms with E-state index in [4.69, 9.17) is 0 Å². The second kappa shape index (κ2) is 4.96. The van der Waals surface area contributed by atoms with Gasteiger partial charge in [-0.3, -0.25) is 0 Å². The zero-order chi connectivity index (χ0) is 12.5. The molecule has 0 spiro atoms. The van der Waals surface area contributed by atoms with Crippen LogP contribution < -0.4 is 5.32 Å². The van der Waals surface area contributed by atoms with Crippen molar-refractivity contribution in [2.45, 2.75) is 63.1 Å². The molecule has 3 unspecified atom stereocenters. The van der Waals surface area contributed by atoms with E-state index in [1.54, 1.807) is 0 Å². The number of nitriles is 1. The van der Waals surface area contributed by atoms with Gasteiger partial charge in [0, 0.05) is 12.1 Å². The fourth-order valence-corrected chi connectivity index (χ4v) is 3.22. The van der Waals surface area contributed by atoms with E-state index >= 15 is 0 Å². The lowest BCUT2D eigenvalue weighted by Gasteiger charge is -2.42. The molecule has 0 aromatic rings. The van der Waals surface area contributed by atoms with Gasteiger partial charge in [-0.2, -0.15) is 5.26 Å². The van der Waals surface area contributed by atoms with Crippen LogP contribution in [-0.4, -0.2) is 36.6 Å². The number of rotatable bonds is 4. The summed E-state index contributed by atoms with van der Waals surface area (Å²) in [4.78, 5) is 2.53. The summed E-state index contributed by atoms with van der Waals surface area (Å²) in [5.41, 5.74) is -0.277. The summed E-state index contributed by atoms with van der Waals surface area (Å²) in [6, 6.07) is 3.76. The predicted octanol–water partition coefficient (Wildman–Crippen LogP) is 2.14. The first-order valence-electron chi connectivity index (χ1n) is 6.94. The highest BCUT2D eigenvalue weighted by atomic mass is 15.2. The van der Waals surface area contributed by atoms with Crippen LogP contribution in [0.2, 0.25) is 0 Å². The molecule has 0 saturated heterocycles. The van der Waals surface area contributed by atoms with E-state index in [0.29, 0.717) is 12.1 Å². The summed E-state index contributed by atoms with van der Waals surface area (Å²) in [6.45, 7) is 2.35. The topological polar surface area (TPSA) is 39.1 Å². The van der Waals surface area contributed by atoms with E-state index in [0.717, 1.165) is 18.8 Å². The van der Waals surface area contributed by atoms with Gasteiger partial charge in [0.2, 0.25) is 0 Å². The first-order valence-corrected chi connectivity index (χ1v) is 6.94. The average molecular weight is 235 g/mol. The van der Waals surface area contributed by atoms with Crippen molar-refractivity contribution < 1.29 is 0 Å². The van der Waals surface area contributed by atoms with Crippen LogP contribution in [0.25, 0.3) is 0 Å². The molecular formula is C14H25N3. The summed E-state index contributed by atoms with van der Waals surface area (Å²) < 4.78 is 0. The maximum atomic E-state index is 9.37. The second-order valence-electron chi connectivity index (χ2n) is 5.94. The Morgan fingerprint density at radius 2 is 2.12 bits per heavy atom. The zero-order valence-corrected chi connectivity index (χ0v) is 11.4. The van der Waals surface area contributed by atoms with Crippen LogP contribution in [0.4, 0.5) is 0 Å². The van der Waals surface area contributed by atoms with Crippen molar-refractivity contribution >= 4 is 0 Å². The molecule has 2 aliphatic carbocycles. The van der Waals surface area contributed by atoms with Crippen molar-refractivity contribution in [3.8, 4) is 6.07 Å². The molecule has 0 aliphatic heterocycles. The lowest BCUT2D eigenvalue weighted by Crippen LogP contribution is -2.52. The molecule has 0 radical (unpaired) electrons. The fourth-order valence-electron chi connectivity index (χ4n) is 3.22. The van der Waals surface area contributed by atoms with E-state index in [2.05, 4.69) is 30.3 Å². The Labute approximate surface area is 105 Å². The molecule has 3 nitrogen and oxygen atoms in total. The third-order valence-corrected chi connectivity index (χ3v) is 4.94. The van der Waals surface area contributed by atoms with Crippen molar-refractivity contribution in [2.75, 3.05) is 14.1 Å². The Hall–Kier alpha value is -0.590. The summed E-state index contributed by atoms with van der Waals surface area (Å²) in [5, 5.41) is 12.6. The van der Waals surface area contributed by atoms with E-state index in [9.17, 15) is 5.26 Å². The van der Waals surface area contributed by atoms with Crippen LogP contribution in [0.3, 0.4) is 0 Å². The lowest BCUT2D eigenvalue weighted by atomic mass is 9.79. The third kappa shape index (κ3) is 2.64. The summed E-state index contributed by atoms with van der Waals surface area (Å²) >= 11 is 0. The van der Waals surface area contributed by atoms with Crippen molar-refractivity contribution in [1.29, 1.82) is 5.26 Å². The number of nitrogens with one attached hydrogen (secondary N) is 1. The molecule has 0 heterocycles. The normalized spacial score (nSPS) is 35.6. The van der Waals surface area contributed by atoms with Crippen LogP contribution in [0.5, 0.6) is 0 Å². The fraction of sp³-hybridized carbons (Fsp3) is 0.929. The SMILES string of the molecule is CNC1(C#N)CCCC(N(C)C(C)C2CC2)C1. The zero-order valence-electron chi connectivity index (χ0n) is 11.4. The lowest BCUT2D eigenvalue weighted by molar-refractivity contribution is 0.105. The van der Waals surface area contributed by atoms with Crippen LogP contribution in [0, 0.1) is 17.2 Å². The van der Waals surface area contributed by atoms with E-state index in [1.165, 1.54) is 25.7 Å². The molecule has 2 fully saturated rings. The van der Waals surface area contributed by atoms with Crippen LogP contribution in [0.1, 0.15) is 45.4 Å². The van der Waals surface area contributed by atoms with Gasteiger partial charge >= 0.3 is 0 Å². The summed E-state index contributed by atoms with van der Waals surface area (Å²) in [5.74, 6) is 0.910. The number of nitrogens with zero attached hydrogens (tertiary/aromatic N) is 2. The van der Waals surface area contributed by atoms with Crippen LogP contribution in [-0.2, 0) is 0 Å². The van der Waals surface area contributed by atoms with Gasteiger partial charge in [0.15, 0.2) is 0 Å². The quantitative estimate of drug-likeness (QED) is 0.811. The molecule has 17 heavy (non-hydrogen) atoms. The van der Waals surface area contributed by atoms with Gasteiger partial charge in [-0.1, -0.05) is 0 Å². The van der Waals surface area contributed by atoms with Crippen molar-refractivity contribution in [1.82, 2.24) is 10.2 Å². The summed E-state index contributed by atoms with van der Waals surface area (Å²) in [7, 11) is 4.17. The maximum absolute atomic E-state index is 9.37. The average Bonchev–Trinajstić information content (AvgIpc) is 3.21. The molecule has 96 valence electrons. The first kappa shape index (κ1) is 12.9.